The summed E-state index contributed by atoms with van der Waals surface area (Å²) in [6.07, 6.45) is 2.51. The van der Waals surface area contributed by atoms with Gasteiger partial charge in [-0.1, -0.05) is 25.1 Å². The lowest BCUT2D eigenvalue weighted by molar-refractivity contribution is 0.0667. The second-order valence-corrected chi connectivity index (χ2v) is 6.37. The summed E-state index contributed by atoms with van der Waals surface area (Å²) in [6, 6.07) is 11.4. The van der Waals surface area contributed by atoms with Crippen LogP contribution in [-0.2, 0) is 13.6 Å². The molecule has 5 nitrogen and oxygen atoms in total. The van der Waals surface area contributed by atoms with Crippen LogP contribution in [0.5, 0.6) is 0 Å². The molecule has 5 heteroatoms. The minimum atomic E-state index is -0.112. The molecular weight excluding hydrogens is 302 g/mol. The molecule has 1 aromatic heterocycles. The Hall–Kier alpha value is -2.56. The van der Waals surface area contributed by atoms with E-state index in [1.807, 2.05) is 17.0 Å². The van der Waals surface area contributed by atoms with Crippen LogP contribution in [0.4, 0.5) is 5.69 Å². The molecule has 2 aromatic rings. The Balaban J connectivity index is 1.99. The first-order valence-electron chi connectivity index (χ1n) is 8.28. The monoisotopic (exact) mass is 325 g/mol. The molecule has 1 unspecified atom stereocenters. The molecule has 0 bridgehead atoms. The van der Waals surface area contributed by atoms with E-state index in [9.17, 15) is 9.59 Å². The van der Waals surface area contributed by atoms with Gasteiger partial charge in [-0.05, 0) is 24.1 Å². The number of aromatic nitrogens is 1. The summed E-state index contributed by atoms with van der Waals surface area (Å²) in [7, 11) is 3.74. The zero-order chi connectivity index (χ0) is 17.3. The smallest absolute Gasteiger partial charge is 0.255 e. The van der Waals surface area contributed by atoms with Crippen LogP contribution in [0.25, 0.3) is 0 Å². The molecule has 1 aromatic carbocycles. The van der Waals surface area contributed by atoms with E-state index >= 15 is 0 Å². The number of nitrogens with zero attached hydrogens (tertiary/aromatic N) is 3. The summed E-state index contributed by atoms with van der Waals surface area (Å²) < 4.78 is 1.45. The predicted molar refractivity (Wildman–Crippen MR) is 95.3 cm³/mol. The van der Waals surface area contributed by atoms with Gasteiger partial charge in [0, 0.05) is 51.2 Å². The number of hydrogen-bond acceptors (Lipinski definition) is 3. The highest BCUT2D eigenvalue weighted by atomic mass is 16.2. The fraction of sp³-hybridized carbons (Fsp3) is 0.368. The van der Waals surface area contributed by atoms with Crippen molar-refractivity contribution in [1.82, 2.24) is 9.47 Å². The minimum absolute atomic E-state index is 0.0254. The number of likely N-dealkylation sites (N-methyl/N-ethyl adjacent to an activating group) is 1. The van der Waals surface area contributed by atoms with Crippen molar-refractivity contribution in [3.63, 3.8) is 0 Å². The van der Waals surface area contributed by atoms with Gasteiger partial charge in [-0.2, -0.15) is 0 Å². The molecule has 1 aliphatic rings. The van der Waals surface area contributed by atoms with Gasteiger partial charge in [0.05, 0.1) is 5.56 Å². The van der Waals surface area contributed by atoms with Gasteiger partial charge in [0.1, 0.15) is 0 Å². The summed E-state index contributed by atoms with van der Waals surface area (Å²) in [5, 5.41) is 0. The quantitative estimate of drug-likeness (QED) is 0.851. The molecule has 24 heavy (non-hydrogen) atoms. The number of anilines is 1. The molecule has 0 saturated heterocycles. The van der Waals surface area contributed by atoms with Crippen LogP contribution >= 0.6 is 0 Å². The van der Waals surface area contributed by atoms with E-state index in [1.165, 1.54) is 16.3 Å². The number of hydrogen-bond donors (Lipinski definition) is 0. The number of fused-ring (bicyclic) bond motifs is 1. The van der Waals surface area contributed by atoms with Gasteiger partial charge in [-0.3, -0.25) is 9.59 Å². The largest absolute Gasteiger partial charge is 0.372 e. The highest BCUT2D eigenvalue weighted by Gasteiger charge is 2.29. The maximum absolute atomic E-state index is 13.1. The lowest BCUT2D eigenvalue weighted by atomic mass is 10.1. The summed E-state index contributed by atoms with van der Waals surface area (Å²) in [6.45, 7) is 3.49. The molecule has 3 rings (SSSR count). The van der Waals surface area contributed by atoms with Crippen LogP contribution < -0.4 is 10.5 Å². The van der Waals surface area contributed by atoms with Crippen LogP contribution in [0.3, 0.4) is 0 Å². The van der Waals surface area contributed by atoms with Crippen molar-refractivity contribution in [2.24, 2.45) is 7.05 Å². The highest BCUT2D eigenvalue weighted by Crippen LogP contribution is 2.27. The number of carbonyl (C=O) groups is 1. The molecule has 126 valence electrons. The molecule has 0 fully saturated rings. The number of benzene rings is 1. The number of pyridine rings is 1. The van der Waals surface area contributed by atoms with Crippen molar-refractivity contribution in [1.29, 1.82) is 0 Å². The van der Waals surface area contributed by atoms with E-state index in [-0.39, 0.29) is 17.5 Å². The lowest BCUT2D eigenvalue weighted by Crippen LogP contribution is -2.43. The van der Waals surface area contributed by atoms with Gasteiger partial charge in [0.2, 0.25) is 5.56 Å². The van der Waals surface area contributed by atoms with Crippen molar-refractivity contribution >= 4 is 11.6 Å². The van der Waals surface area contributed by atoms with Crippen molar-refractivity contribution < 1.29 is 4.79 Å². The van der Waals surface area contributed by atoms with Gasteiger partial charge >= 0.3 is 0 Å². The Kier molecular flexibility index (Phi) is 4.42. The van der Waals surface area contributed by atoms with Crippen molar-refractivity contribution in [3.05, 3.63) is 64.1 Å². The zero-order valence-electron chi connectivity index (χ0n) is 14.4. The molecule has 0 spiro atoms. The lowest BCUT2D eigenvalue weighted by Gasteiger charge is -2.30. The van der Waals surface area contributed by atoms with E-state index < -0.39 is 0 Å². The fourth-order valence-electron chi connectivity index (χ4n) is 3.32. The first kappa shape index (κ1) is 16.3. The van der Waals surface area contributed by atoms with Gasteiger partial charge in [-0.25, -0.2) is 0 Å². The van der Waals surface area contributed by atoms with Crippen molar-refractivity contribution in [3.8, 4) is 0 Å². The van der Waals surface area contributed by atoms with Gasteiger partial charge in [-0.15, -0.1) is 0 Å². The number of para-hydroxylation sites is 1. The summed E-state index contributed by atoms with van der Waals surface area (Å²) in [5.41, 5.74) is 2.76. The molecule has 1 amide bonds. The first-order valence-corrected chi connectivity index (χ1v) is 8.28. The number of aryl methyl sites for hydroxylation is 1. The zero-order valence-corrected chi connectivity index (χ0v) is 14.4. The van der Waals surface area contributed by atoms with Crippen LogP contribution in [0.2, 0.25) is 0 Å². The average Bonchev–Trinajstić information content (AvgIpc) is 2.73. The third-order valence-corrected chi connectivity index (χ3v) is 4.73. The van der Waals surface area contributed by atoms with E-state index in [4.69, 9.17) is 0 Å². The van der Waals surface area contributed by atoms with Crippen molar-refractivity contribution in [2.45, 2.75) is 25.9 Å². The van der Waals surface area contributed by atoms with E-state index in [0.29, 0.717) is 12.1 Å². The molecule has 1 atom stereocenters. The topological polar surface area (TPSA) is 45.6 Å². The SMILES string of the molecule is CCC1CN(C)c2ccccc2CN1C(=O)c1ccc(=O)n(C)c1. The molecule has 0 saturated carbocycles. The van der Waals surface area contributed by atoms with Gasteiger partial charge in [0.25, 0.3) is 5.91 Å². The molecule has 0 radical (unpaired) electrons. The maximum atomic E-state index is 13.1. The second kappa shape index (κ2) is 6.51. The standard InChI is InChI=1S/C19H23N3O2/c1-4-16-13-20(2)17-8-6-5-7-14(17)12-22(16)19(24)15-9-10-18(23)21(3)11-15/h5-11,16H,4,12-13H2,1-3H3. The van der Waals surface area contributed by atoms with E-state index in [0.717, 1.165) is 18.5 Å². The normalized spacial score (nSPS) is 17.4. The Morgan fingerprint density at radius 2 is 1.92 bits per heavy atom. The van der Waals surface area contributed by atoms with Crippen LogP contribution in [0.15, 0.2) is 47.4 Å². The Bertz CT molecular complexity index is 812. The summed E-state index contributed by atoms with van der Waals surface area (Å²) in [4.78, 5) is 28.8. The number of rotatable bonds is 2. The van der Waals surface area contributed by atoms with E-state index in [1.54, 1.807) is 19.3 Å². The van der Waals surface area contributed by atoms with E-state index in [2.05, 4.69) is 31.0 Å². The highest BCUT2D eigenvalue weighted by molar-refractivity contribution is 5.94. The Labute approximate surface area is 142 Å². The molecular formula is C19H23N3O2. The minimum Gasteiger partial charge on any atom is -0.372 e. The Morgan fingerprint density at radius 3 is 2.62 bits per heavy atom. The third kappa shape index (κ3) is 2.94. The maximum Gasteiger partial charge on any atom is 0.255 e. The van der Waals surface area contributed by atoms with Crippen LogP contribution in [0, 0.1) is 0 Å². The first-order chi connectivity index (χ1) is 11.5. The number of amides is 1. The average molecular weight is 325 g/mol. The molecule has 0 aliphatic carbocycles. The third-order valence-electron chi connectivity index (χ3n) is 4.73. The van der Waals surface area contributed by atoms with Crippen LogP contribution in [0.1, 0.15) is 29.3 Å². The van der Waals surface area contributed by atoms with Crippen molar-refractivity contribution in [2.75, 3.05) is 18.5 Å². The van der Waals surface area contributed by atoms with Gasteiger partial charge < -0.3 is 14.4 Å². The predicted octanol–water partition coefficient (Wildman–Crippen LogP) is 2.26. The number of carbonyl (C=O) groups excluding carboxylic acids is 1. The molecule has 1 aliphatic heterocycles. The molecule has 0 N–H and O–H groups in total. The molecule has 2 heterocycles. The van der Waals surface area contributed by atoms with Gasteiger partial charge in [0.15, 0.2) is 0 Å². The summed E-state index contributed by atoms with van der Waals surface area (Å²) >= 11 is 0. The van der Waals surface area contributed by atoms with Crippen LogP contribution in [-0.4, -0.2) is 35.0 Å². The Morgan fingerprint density at radius 1 is 1.17 bits per heavy atom. The summed E-state index contributed by atoms with van der Waals surface area (Å²) in [5.74, 6) is -0.0254. The fourth-order valence-corrected chi connectivity index (χ4v) is 3.32. The second-order valence-electron chi connectivity index (χ2n) is 6.37.